The number of ether oxygens (including phenoxy) is 1. The summed E-state index contributed by atoms with van der Waals surface area (Å²) in [5, 5.41) is 11.2. The fourth-order valence-corrected chi connectivity index (χ4v) is 2.65. The lowest BCUT2D eigenvalue weighted by Gasteiger charge is -2.07. The van der Waals surface area contributed by atoms with Crippen LogP contribution < -0.4 is 5.56 Å². The highest BCUT2D eigenvalue weighted by atomic mass is 16.5. The van der Waals surface area contributed by atoms with Crippen molar-refractivity contribution in [3.8, 4) is 5.69 Å². The molecule has 7 nitrogen and oxygen atoms in total. The molecule has 0 unspecified atom stereocenters. The van der Waals surface area contributed by atoms with Gasteiger partial charge in [0, 0.05) is 17.8 Å². The van der Waals surface area contributed by atoms with Gasteiger partial charge in [-0.1, -0.05) is 30.3 Å². The Morgan fingerprint density at radius 2 is 1.81 bits per heavy atom. The highest BCUT2D eigenvalue weighted by Crippen LogP contribution is 2.15. The van der Waals surface area contributed by atoms with Crippen molar-refractivity contribution in [2.45, 2.75) is 6.61 Å². The van der Waals surface area contributed by atoms with E-state index in [4.69, 9.17) is 4.74 Å². The van der Waals surface area contributed by atoms with Crippen LogP contribution in [0.5, 0.6) is 0 Å². The third-order valence-electron chi connectivity index (χ3n) is 3.96. The Morgan fingerprint density at radius 1 is 1.04 bits per heavy atom. The molecule has 4 rings (SSSR count). The third-order valence-corrected chi connectivity index (χ3v) is 3.96. The average Bonchev–Trinajstić information content (AvgIpc) is 3.22. The first-order chi connectivity index (χ1) is 12.7. The van der Waals surface area contributed by atoms with Crippen LogP contribution in [0.3, 0.4) is 0 Å². The summed E-state index contributed by atoms with van der Waals surface area (Å²) in [6.45, 7) is 0.105. The molecule has 0 atom stereocenters. The van der Waals surface area contributed by atoms with Gasteiger partial charge in [0.15, 0.2) is 5.69 Å². The van der Waals surface area contributed by atoms with Gasteiger partial charge in [0.25, 0.3) is 5.56 Å². The minimum absolute atomic E-state index is 0.0911. The second kappa shape index (κ2) is 6.64. The first kappa shape index (κ1) is 15.8. The topological polar surface area (TPSA) is 89.9 Å². The number of rotatable bonds is 4. The monoisotopic (exact) mass is 346 g/mol. The van der Waals surface area contributed by atoms with Gasteiger partial charge in [-0.25, -0.2) is 14.6 Å². The van der Waals surface area contributed by atoms with E-state index in [2.05, 4.69) is 15.3 Å². The summed E-state index contributed by atoms with van der Waals surface area (Å²) >= 11 is 0. The van der Waals surface area contributed by atoms with E-state index < -0.39 is 5.97 Å². The summed E-state index contributed by atoms with van der Waals surface area (Å²) in [6, 6.07) is 16.1. The van der Waals surface area contributed by atoms with Crippen LogP contribution in [0.15, 0.2) is 71.8 Å². The van der Waals surface area contributed by atoms with Gasteiger partial charge in [-0.15, -0.1) is 0 Å². The predicted molar refractivity (Wildman–Crippen MR) is 95.0 cm³/mol. The maximum Gasteiger partial charge on any atom is 0.359 e. The number of aromatic amines is 1. The van der Waals surface area contributed by atoms with E-state index in [1.807, 2.05) is 36.5 Å². The average molecular weight is 346 g/mol. The van der Waals surface area contributed by atoms with Crippen molar-refractivity contribution in [3.05, 3.63) is 88.6 Å². The summed E-state index contributed by atoms with van der Waals surface area (Å²) in [5.41, 5.74) is 1.50. The van der Waals surface area contributed by atoms with Gasteiger partial charge in [-0.3, -0.25) is 4.79 Å². The van der Waals surface area contributed by atoms with Crippen molar-refractivity contribution in [1.82, 2.24) is 20.0 Å². The highest BCUT2D eigenvalue weighted by molar-refractivity contribution is 6.01. The number of aromatic nitrogens is 4. The van der Waals surface area contributed by atoms with Crippen LogP contribution >= 0.6 is 0 Å². The van der Waals surface area contributed by atoms with Gasteiger partial charge in [0.2, 0.25) is 0 Å². The first-order valence-corrected chi connectivity index (χ1v) is 7.96. The Hall–Kier alpha value is -3.74. The molecule has 26 heavy (non-hydrogen) atoms. The molecule has 0 aliphatic rings. The zero-order valence-corrected chi connectivity index (χ0v) is 13.6. The fraction of sp³-hybridized carbons (Fsp3) is 0.0526. The number of H-pyrrole nitrogens is 1. The molecule has 0 fully saturated rings. The molecule has 7 heteroatoms. The van der Waals surface area contributed by atoms with Crippen LogP contribution in [0, 0.1) is 0 Å². The number of nitrogens with zero attached hydrogens (tertiary/aromatic N) is 3. The summed E-state index contributed by atoms with van der Waals surface area (Å²) in [5.74, 6) is -0.589. The molecule has 0 spiro atoms. The number of carbonyl (C=O) groups excluding carboxylic acids is 1. The first-order valence-electron chi connectivity index (χ1n) is 7.96. The van der Waals surface area contributed by atoms with Crippen LogP contribution in [0.25, 0.3) is 16.5 Å². The largest absolute Gasteiger partial charge is 0.456 e. The van der Waals surface area contributed by atoms with Gasteiger partial charge in [0.05, 0.1) is 11.1 Å². The smallest absolute Gasteiger partial charge is 0.359 e. The van der Waals surface area contributed by atoms with E-state index in [0.29, 0.717) is 10.8 Å². The highest BCUT2D eigenvalue weighted by Gasteiger charge is 2.15. The van der Waals surface area contributed by atoms with E-state index in [9.17, 15) is 9.59 Å². The van der Waals surface area contributed by atoms with Crippen LogP contribution in [-0.4, -0.2) is 25.9 Å². The lowest BCUT2D eigenvalue weighted by atomic mass is 10.1. The molecule has 0 radical (unpaired) electrons. The van der Waals surface area contributed by atoms with Crippen LogP contribution in [0.4, 0.5) is 0 Å². The number of esters is 1. The second-order valence-electron chi connectivity index (χ2n) is 5.64. The number of hydrogen-bond donors (Lipinski definition) is 1. The minimum Gasteiger partial charge on any atom is -0.456 e. The Morgan fingerprint density at radius 3 is 2.54 bits per heavy atom. The molecule has 0 saturated carbocycles. The summed E-state index contributed by atoms with van der Waals surface area (Å²) in [7, 11) is 0. The second-order valence-corrected chi connectivity index (χ2v) is 5.64. The van der Waals surface area contributed by atoms with Crippen molar-refractivity contribution in [3.63, 3.8) is 0 Å². The molecule has 2 aromatic heterocycles. The van der Waals surface area contributed by atoms with Crippen LogP contribution in [-0.2, 0) is 11.3 Å². The summed E-state index contributed by atoms with van der Waals surface area (Å²) in [4.78, 5) is 24.2. The van der Waals surface area contributed by atoms with Crippen molar-refractivity contribution in [2.24, 2.45) is 0 Å². The SMILES string of the molecule is O=C(OCc1ccc(-n2cccn2)cc1)c1n[nH]c(=O)c2ccccc12. The Kier molecular flexibility index (Phi) is 4.03. The van der Waals surface area contributed by atoms with Crippen LogP contribution in [0.1, 0.15) is 16.1 Å². The summed E-state index contributed by atoms with van der Waals surface area (Å²) in [6.07, 6.45) is 3.55. The predicted octanol–water partition coefficient (Wildman–Crippen LogP) is 2.47. The molecule has 2 heterocycles. The molecule has 0 saturated heterocycles. The van der Waals surface area contributed by atoms with Gasteiger partial charge >= 0.3 is 5.97 Å². The van der Waals surface area contributed by atoms with Gasteiger partial charge < -0.3 is 4.74 Å². The van der Waals surface area contributed by atoms with E-state index in [1.54, 1.807) is 35.1 Å². The molecule has 0 aliphatic carbocycles. The molecule has 128 valence electrons. The normalized spacial score (nSPS) is 10.8. The zero-order valence-electron chi connectivity index (χ0n) is 13.6. The molecular weight excluding hydrogens is 332 g/mol. The van der Waals surface area contributed by atoms with Crippen molar-refractivity contribution in [1.29, 1.82) is 0 Å². The Labute approximate surface area is 147 Å². The summed E-state index contributed by atoms with van der Waals surface area (Å²) < 4.78 is 7.09. The van der Waals surface area contributed by atoms with Gasteiger partial charge in [0.1, 0.15) is 6.61 Å². The van der Waals surface area contributed by atoms with E-state index in [1.165, 1.54) is 0 Å². The van der Waals surface area contributed by atoms with Gasteiger partial charge in [-0.2, -0.15) is 10.2 Å². The fourth-order valence-electron chi connectivity index (χ4n) is 2.65. The zero-order chi connectivity index (χ0) is 17.9. The van der Waals surface area contributed by atoms with E-state index in [-0.39, 0.29) is 17.9 Å². The number of nitrogens with one attached hydrogen (secondary N) is 1. The molecular formula is C19H14N4O3. The quantitative estimate of drug-likeness (QED) is 0.573. The maximum atomic E-state index is 12.4. The van der Waals surface area contributed by atoms with Gasteiger partial charge in [-0.05, 0) is 29.8 Å². The third kappa shape index (κ3) is 2.98. The molecule has 0 bridgehead atoms. The lowest BCUT2D eigenvalue weighted by molar-refractivity contribution is 0.0467. The molecule has 0 aliphatic heterocycles. The molecule has 1 N–H and O–H groups in total. The maximum absolute atomic E-state index is 12.4. The lowest BCUT2D eigenvalue weighted by Crippen LogP contribution is -2.16. The van der Waals surface area contributed by atoms with Crippen molar-refractivity contribution < 1.29 is 9.53 Å². The van der Waals surface area contributed by atoms with Crippen LogP contribution in [0.2, 0.25) is 0 Å². The number of carbonyl (C=O) groups is 1. The number of hydrogen-bond acceptors (Lipinski definition) is 5. The number of benzene rings is 2. The molecule has 0 amide bonds. The Bertz CT molecular complexity index is 1120. The van der Waals surface area contributed by atoms with E-state index >= 15 is 0 Å². The molecule has 2 aromatic carbocycles. The number of fused-ring (bicyclic) bond motifs is 1. The van der Waals surface area contributed by atoms with Crippen molar-refractivity contribution >= 4 is 16.7 Å². The molecule has 4 aromatic rings. The van der Waals surface area contributed by atoms with E-state index in [0.717, 1.165) is 11.3 Å². The minimum atomic E-state index is -0.589. The Balaban J connectivity index is 1.51. The standard InChI is InChI=1S/C19H14N4O3/c24-18-16-5-2-1-4-15(16)17(21-22-18)19(25)26-12-13-6-8-14(9-7-13)23-11-3-10-20-23/h1-11H,12H2,(H,22,24). The van der Waals surface area contributed by atoms with Crippen molar-refractivity contribution in [2.75, 3.05) is 0 Å².